The monoisotopic (exact) mass is 212 g/mol. The summed E-state index contributed by atoms with van der Waals surface area (Å²) in [6.45, 7) is 6.37. The molecule has 0 saturated heterocycles. The molecule has 1 aromatic rings. The van der Waals surface area contributed by atoms with Crippen molar-refractivity contribution in [3.8, 4) is 0 Å². The minimum Gasteiger partial charge on any atom is -0.380 e. The van der Waals surface area contributed by atoms with Gasteiger partial charge in [0.15, 0.2) is 5.15 Å². The van der Waals surface area contributed by atoms with Crippen molar-refractivity contribution >= 4 is 17.3 Å². The molecule has 1 heterocycles. The largest absolute Gasteiger partial charge is 0.380 e. The Bertz CT molecular complexity index is 275. The van der Waals surface area contributed by atoms with Crippen molar-refractivity contribution in [1.82, 2.24) is 4.98 Å². The Labute approximate surface area is 90.7 Å². The topological polar surface area (TPSA) is 24.9 Å². The molecule has 0 aliphatic rings. The maximum Gasteiger partial charge on any atom is 0.152 e. The van der Waals surface area contributed by atoms with Crippen LogP contribution in [0.3, 0.4) is 0 Å². The van der Waals surface area contributed by atoms with Gasteiger partial charge >= 0.3 is 0 Å². The number of nitrogens with one attached hydrogen (secondary N) is 1. The average molecular weight is 213 g/mol. The maximum absolute atomic E-state index is 6.01. The summed E-state index contributed by atoms with van der Waals surface area (Å²) in [6.07, 6.45) is 3.93. The van der Waals surface area contributed by atoms with Crippen LogP contribution in [0.25, 0.3) is 0 Å². The van der Waals surface area contributed by atoms with Crippen LogP contribution in [0.15, 0.2) is 12.3 Å². The first-order valence-corrected chi connectivity index (χ1v) is 5.44. The third-order valence-electron chi connectivity index (χ3n) is 2.45. The molecule has 14 heavy (non-hydrogen) atoms. The number of pyridine rings is 1. The van der Waals surface area contributed by atoms with Crippen molar-refractivity contribution in [3.05, 3.63) is 23.0 Å². The zero-order chi connectivity index (χ0) is 10.6. The predicted molar refractivity (Wildman–Crippen MR) is 62.0 cm³/mol. The molecule has 1 N–H and O–H groups in total. The van der Waals surface area contributed by atoms with Crippen LogP contribution in [-0.2, 0) is 0 Å². The van der Waals surface area contributed by atoms with Crippen LogP contribution >= 0.6 is 11.6 Å². The van der Waals surface area contributed by atoms with Crippen LogP contribution in [0.4, 0.5) is 5.69 Å². The van der Waals surface area contributed by atoms with Gasteiger partial charge in [-0.15, -0.1) is 0 Å². The fourth-order valence-electron chi connectivity index (χ4n) is 1.40. The molecule has 1 rings (SSSR count). The Kier molecular flexibility index (Phi) is 4.21. The maximum atomic E-state index is 6.01. The third kappa shape index (κ3) is 2.61. The SMILES string of the molecule is CCC(CC)Nc1c(C)ccnc1Cl. The van der Waals surface area contributed by atoms with Crippen molar-refractivity contribution in [2.45, 2.75) is 39.7 Å². The number of rotatable bonds is 4. The Morgan fingerprint density at radius 2 is 2.07 bits per heavy atom. The van der Waals surface area contributed by atoms with Gasteiger partial charge in [-0.05, 0) is 31.4 Å². The lowest BCUT2D eigenvalue weighted by Crippen LogP contribution is -2.18. The normalized spacial score (nSPS) is 10.6. The second-order valence-corrected chi connectivity index (χ2v) is 3.81. The van der Waals surface area contributed by atoms with E-state index in [0.29, 0.717) is 11.2 Å². The molecule has 0 atom stereocenters. The molecule has 78 valence electrons. The first kappa shape index (κ1) is 11.3. The van der Waals surface area contributed by atoms with Gasteiger partial charge in [-0.25, -0.2) is 4.98 Å². The summed E-state index contributed by atoms with van der Waals surface area (Å²) < 4.78 is 0. The van der Waals surface area contributed by atoms with E-state index in [2.05, 4.69) is 24.1 Å². The van der Waals surface area contributed by atoms with E-state index < -0.39 is 0 Å². The highest BCUT2D eigenvalue weighted by Gasteiger charge is 2.08. The minimum atomic E-state index is 0.482. The second-order valence-electron chi connectivity index (χ2n) is 3.45. The van der Waals surface area contributed by atoms with Crippen molar-refractivity contribution < 1.29 is 0 Å². The van der Waals surface area contributed by atoms with Crippen molar-refractivity contribution in [1.29, 1.82) is 0 Å². The molecule has 0 radical (unpaired) electrons. The molecule has 0 spiro atoms. The van der Waals surface area contributed by atoms with E-state index in [1.165, 1.54) is 0 Å². The molecule has 3 heteroatoms. The van der Waals surface area contributed by atoms with Crippen LogP contribution in [0.2, 0.25) is 5.15 Å². The van der Waals surface area contributed by atoms with Gasteiger partial charge < -0.3 is 5.32 Å². The van der Waals surface area contributed by atoms with Crippen LogP contribution in [0.1, 0.15) is 32.3 Å². The van der Waals surface area contributed by atoms with Gasteiger partial charge in [0.05, 0.1) is 5.69 Å². The smallest absolute Gasteiger partial charge is 0.152 e. The third-order valence-corrected chi connectivity index (χ3v) is 2.73. The van der Waals surface area contributed by atoms with E-state index in [-0.39, 0.29) is 0 Å². The number of anilines is 1. The predicted octanol–water partition coefficient (Wildman–Crippen LogP) is 3.64. The summed E-state index contributed by atoms with van der Waals surface area (Å²) in [5.41, 5.74) is 2.12. The Morgan fingerprint density at radius 1 is 1.43 bits per heavy atom. The van der Waals surface area contributed by atoms with Crippen molar-refractivity contribution in [2.24, 2.45) is 0 Å². The van der Waals surface area contributed by atoms with Crippen LogP contribution in [0, 0.1) is 6.92 Å². The fraction of sp³-hybridized carbons (Fsp3) is 0.545. The van der Waals surface area contributed by atoms with Crippen LogP contribution in [0.5, 0.6) is 0 Å². The molecule has 0 aromatic carbocycles. The molecule has 0 bridgehead atoms. The zero-order valence-corrected chi connectivity index (χ0v) is 9.73. The van der Waals surface area contributed by atoms with E-state index >= 15 is 0 Å². The molecular formula is C11H17ClN2. The molecule has 0 aliphatic heterocycles. The number of nitrogens with zero attached hydrogens (tertiary/aromatic N) is 1. The van der Waals surface area contributed by atoms with Gasteiger partial charge in [0, 0.05) is 12.2 Å². The molecule has 2 nitrogen and oxygen atoms in total. The van der Waals surface area contributed by atoms with Gasteiger partial charge in [0.2, 0.25) is 0 Å². The lowest BCUT2D eigenvalue weighted by molar-refractivity contribution is 0.671. The van der Waals surface area contributed by atoms with Gasteiger partial charge in [0.1, 0.15) is 0 Å². The van der Waals surface area contributed by atoms with E-state index in [1.807, 2.05) is 13.0 Å². The Hall–Kier alpha value is -0.760. The lowest BCUT2D eigenvalue weighted by Gasteiger charge is -2.18. The van der Waals surface area contributed by atoms with Gasteiger partial charge in [-0.2, -0.15) is 0 Å². The van der Waals surface area contributed by atoms with E-state index in [0.717, 1.165) is 24.1 Å². The number of hydrogen-bond acceptors (Lipinski definition) is 2. The Morgan fingerprint density at radius 3 is 2.57 bits per heavy atom. The first-order valence-electron chi connectivity index (χ1n) is 5.06. The highest BCUT2D eigenvalue weighted by atomic mass is 35.5. The average Bonchev–Trinajstić information content (AvgIpc) is 2.18. The highest BCUT2D eigenvalue weighted by Crippen LogP contribution is 2.24. The summed E-state index contributed by atoms with van der Waals surface area (Å²) in [6, 6.07) is 2.45. The fourth-order valence-corrected chi connectivity index (χ4v) is 1.66. The minimum absolute atomic E-state index is 0.482. The summed E-state index contributed by atoms with van der Waals surface area (Å²) in [5.74, 6) is 0. The molecule has 0 saturated carbocycles. The van der Waals surface area contributed by atoms with Crippen LogP contribution in [-0.4, -0.2) is 11.0 Å². The summed E-state index contributed by atoms with van der Waals surface area (Å²) in [4.78, 5) is 4.06. The Balaban J connectivity index is 2.84. The molecule has 0 amide bonds. The van der Waals surface area contributed by atoms with Gasteiger partial charge in [0.25, 0.3) is 0 Å². The molecule has 1 aromatic heterocycles. The summed E-state index contributed by atoms with van der Waals surface area (Å²) in [7, 11) is 0. The number of aryl methyl sites for hydroxylation is 1. The first-order chi connectivity index (χ1) is 6.69. The molecule has 0 unspecified atom stereocenters. The molecular weight excluding hydrogens is 196 g/mol. The van der Waals surface area contributed by atoms with Gasteiger partial charge in [-0.1, -0.05) is 25.4 Å². The van der Waals surface area contributed by atoms with Gasteiger partial charge in [-0.3, -0.25) is 0 Å². The van der Waals surface area contributed by atoms with E-state index in [4.69, 9.17) is 11.6 Å². The zero-order valence-electron chi connectivity index (χ0n) is 8.97. The standard InChI is InChI=1S/C11H17ClN2/c1-4-9(5-2)14-10-8(3)6-7-13-11(10)12/h6-7,9,14H,4-5H2,1-3H3. The number of aromatic nitrogens is 1. The van der Waals surface area contributed by atoms with E-state index in [1.54, 1.807) is 6.20 Å². The lowest BCUT2D eigenvalue weighted by atomic mass is 10.1. The van der Waals surface area contributed by atoms with Crippen molar-refractivity contribution in [2.75, 3.05) is 5.32 Å². The van der Waals surface area contributed by atoms with E-state index in [9.17, 15) is 0 Å². The second kappa shape index (κ2) is 5.20. The summed E-state index contributed by atoms with van der Waals surface area (Å²) in [5, 5.41) is 3.99. The number of halogens is 1. The summed E-state index contributed by atoms with van der Waals surface area (Å²) >= 11 is 6.01. The number of hydrogen-bond donors (Lipinski definition) is 1. The quantitative estimate of drug-likeness (QED) is 0.771. The van der Waals surface area contributed by atoms with Crippen molar-refractivity contribution in [3.63, 3.8) is 0 Å². The van der Waals surface area contributed by atoms with Crippen LogP contribution < -0.4 is 5.32 Å². The highest BCUT2D eigenvalue weighted by molar-refractivity contribution is 6.32. The molecule has 0 aliphatic carbocycles. The molecule has 0 fully saturated rings.